The molecule has 1 amide bonds. The van der Waals surface area contributed by atoms with Crippen LogP contribution in [-0.4, -0.2) is 17.4 Å². The fraction of sp³-hybridized carbons (Fsp3) is 0.632. The van der Waals surface area contributed by atoms with E-state index in [1.54, 1.807) is 0 Å². The molecule has 21 heavy (non-hydrogen) atoms. The summed E-state index contributed by atoms with van der Waals surface area (Å²) in [6, 6.07) is 10.9. The fourth-order valence-electron chi connectivity index (χ4n) is 4.03. The van der Waals surface area contributed by atoms with E-state index in [2.05, 4.69) is 29.2 Å². The highest BCUT2D eigenvalue weighted by atomic mass is 16.2. The number of carbonyl (C=O) groups is 1. The van der Waals surface area contributed by atoms with Gasteiger partial charge in [-0.3, -0.25) is 4.79 Å². The van der Waals surface area contributed by atoms with Crippen molar-refractivity contribution in [3.05, 3.63) is 35.9 Å². The molecular weight excluding hydrogens is 258 g/mol. The standard InChI is InChI=1S/C19H27NO/c21-19(14-13-16-8-3-1-4-9-16)20-15-7-12-18(20)17-10-5-2-6-11-17/h2,5-6,10-11,16,18H,1,3-4,7-9,12-15H2. The van der Waals surface area contributed by atoms with Crippen LogP contribution in [0.3, 0.4) is 0 Å². The molecule has 1 saturated heterocycles. The van der Waals surface area contributed by atoms with Crippen LogP contribution in [-0.2, 0) is 4.79 Å². The van der Waals surface area contributed by atoms with E-state index < -0.39 is 0 Å². The lowest BCUT2D eigenvalue weighted by Crippen LogP contribution is -2.30. The van der Waals surface area contributed by atoms with E-state index in [0.717, 1.165) is 38.1 Å². The third kappa shape index (κ3) is 3.66. The molecule has 0 radical (unpaired) electrons. The van der Waals surface area contributed by atoms with Crippen LogP contribution in [0.25, 0.3) is 0 Å². The van der Waals surface area contributed by atoms with Gasteiger partial charge in [-0.05, 0) is 30.7 Å². The molecule has 1 aliphatic carbocycles. The molecule has 114 valence electrons. The highest BCUT2D eigenvalue weighted by Crippen LogP contribution is 2.33. The van der Waals surface area contributed by atoms with E-state index in [1.807, 2.05) is 6.07 Å². The zero-order chi connectivity index (χ0) is 14.5. The highest BCUT2D eigenvalue weighted by molar-refractivity contribution is 5.77. The number of hydrogen-bond acceptors (Lipinski definition) is 1. The number of likely N-dealkylation sites (tertiary alicyclic amines) is 1. The van der Waals surface area contributed by atoms with Crippen molar-refractivity contribution in [3.8, 4) is 0 Å². The first-order chi connectivity index (χ1) is 10.3. The van der Waals surface area contributed by atoms with Gasteiger partial charge in [-0.2, -0.15) is 0 Å². The number of nitrogens with zero attached hydrogens (tertiary/aromatic N) is 1. The quantitative estimate of drug-likeness (QED) is 0.784. The number of benzene rings is 1. The van der Waals surface area contributed by atoms with Crippen LogP contribution in [0.4, 0.5) is 0 Å². The zero-order valence-electron chi connectivity index (χ0n) is 13.0. The van der Waals surface area contributed by atoms with E-state index in [-0.39, 0.29) is 0 Å². The maximum absolute atomic E-state index is 12.6. The van der Waals surface area contributed by atoms with Crippen LogP contribution in [0.2, 0.25) is 0 Å². The first-order valence-corrected chi connectivity index (χ1v) is 8.69. The van der Waals surface area contributed by atoms with Gasteiger partial charge < -0.3 is 4.90 Å². The Morgan fingerprint density at radius 2 is 1.76 bits per heavy atom. The molecule has 1 aliphatic heterocycles. The van der Waals surface area contributed by atoms with Crippen molar-refractivity contribution in [2.45, 2.75) is 63.8 Å². The summed E-state index contributed by atoms with van der Waals surface area (Å²) in [4.78, 5) is 14.7. The fourth-order valence-corrected chi connectivity index (χ4v) is 4.03. The van der Waals surface area contributed by atoms with Crippen LogP contribution in [0.5, 0.6) is 0 Å². The average molecular weight is 285 g/mol. The van der Waals surface area contributed by atoms with E-state index >= 15 is 0 Å². The summed E-state index contributed by atoms with van der Waals surface area (Å²) in [5, 5.41) is 0. The molecule has 1 heterocycles. The predicted octanol–water partition coefficient (Wildman–Crippen LogP) is 4.71. The zero-order valence-corrected chi connectivity index (χ0v) is 13.0. The summed E-state index contributed by atoms with van der Waals surface area (Å²) in [5.41, 5.74) is 1.31. The molecule has 0 spiro atoms. The Morgan fingerprint density at radius 1 is 1.00 bits per heavy atom. The van der Waals surface area contributed by atoms with Crippen LogP contribution in [0, 0.1) is 5.92 Å². The van der Waals surface area contributed by atoms with Gasteiger partial charge in [0, 0.05) is 13.0 Å². The number of hydrogen-bond donors (Lipinski definition) is 0. The molecule has 0 N–H and O–H groups in total. The molecule has 0 bridgehead atoms. The largest absolute Gasteiger partial charge is 0.336 e. The van der Waals surface area contributed by atoms with Crippen LogP contribution in [0.15, 0.2) is 30.3 Å². The van der Waals surface area contributed by atoms with Crippen molar-refractivity contribution in [2.24, 2.45) is 5.92 Å². The summed E-state index contributed by atoms with van der Waals surface area (Å²) < 4.78 is 0. The van der Waals surface area contributed by atoms with Gasteiger partial charge in [0.1, 0.15) is 0 Å². The molecule has 1 atom stereocenters. The molecule has 2 aliphatic rings. The van der Waals surface area contributed by atoms with E-state index in [1.165, 1.54) is 37.7 Å². The molecule has 2 heteroatoms. The summed E-state index contributed by atoms with van der Waals surface area (Å²) in [6.45, 7) is 0.947. The minimum Gasteiger partial charge on any atom is -0.336 e. The molecule has 2 fully saturated rings. The van der Waals surface area contributed by atoms with Crippen molar-refractivity contribution in [3.63, 3.8) is 0 Å². The Morgan fingerprint density at radius 3 is 2.52 bits per heavy atom. The highest BCUT2D eigenvalue weighted by Gasteiger charge is 2.29. The lowest BCUT2D eigenvalue weighted by molar-refractivity contribution is -0.132. The Hall–Kier alpha value is -1.31. The van der Waals surface area contributed by atoms with Gasteiger partial charge in [-0.25, -0.2) is 0 Å². The van der Waals surface area contributed by atoms with Gasteiger partial charge >= 0.3 is 0 Å². The molecule has 2 nitrogen and oxygen atoms in total. The predicted molar refractivity (Wildman–Crippen MR) is 85.9 cm³/mol. The lowest BCUT2D eigenvalue weighted by Gasteiger charge is -2.27. The molecule has 1 aromatic carbocycles. The molecule has 3 rings (SSSR count). The third-order valence-electron chi connectivity index (χ3n) is 5.25. The summed E-state index contributed by atoms with van der Waals surface area (Å²) in [6.07, 6.45) is 11.0. The normalized spacial score (nSPS) is 23.4. The minimum atomic E-state index is 0.324. The monoisotopic (exact) mass is 285 g/mol. The lowest BCUT2D eigenvalue weighted by atomic mass is 9.86. The first-order valence-electron chi connectivity index (χ1n) is 8.69. The van der Waals surface area contributed by atoms with Gasteiger partial charge in [-0.15, -0.1) is 0 Å². The topological polar surface area (TPSA) is 20.3 Å². The van der Waals surface area contributed by atoms with Gasteiger partial charge in [0.05, 0.1) is 6.04 Å². The van der Waals surface area contributed by atoms with Gasteiger partial charge in [0.15, 0.2) is 0 Å². The van der Waals surface area contributed by atoms with Crippen molar-refractivity contribution in [2.75, 3.05) is 6.54 Å². The third-order valence-corrected chi connectivity index (χ3v) is 5.25. The Balaban J connectivity index is 1.55. The van der Waals surface area contributed by atoms with Gasteiger partial charge in [-0.1, -0.05) is 62.4 Å². The average Bonchev–Trinajstić information content (AvgIpc) is 3.04. The SMILES string of the molecule is O=C(CCC1CCCCC1)N1CCCC1c1ccccc1. The molecule has 1 saturated carbocycles. The molecular formula is C19H27NO. The van der Waals surface area contributed by atoms with Crippen LogP contribution < -0.4 is 0 Å². The summed E-state index contributed by atoms with van der Waals surface area (Å²) >= 11 is 0. The van der Waals surface area contributed by atoms with E-state index in [9.17, 15) is 4.79 Å². The van der Waals surface area contributed by atoms with Crippen molar-refractivity contribution in [1.82, 2.24) is 4.90 Å². The smallest absolute Gasteiger partial charge is 0.223 e. The summed E-state index contributed by atoms with van der Waals surface area (Å²) in [5.74, 6) is 1.19. The maximum Gasteiger partial charge on any atom is 0.223 e. The maximum atomic E-state index is 12.6. The van der Waals surface area contributed by atoms with Crippen LogP contribution >= 0.6 is 0 Å². The summed E-state index contributed by atoms with van der Waals surface area (Å²) in [7, 11) is 0. The Labute approximate surface area is 128 Å². The van der Waals surface area contributed by atoms with Crippen molar-refractivity contribution < 1.29 is 4.79 Å². The van der Waals surface area contributed by atoms with Crippen molar-refractivity contribution >= 4 is 5.91 Å². The second kappa shape index (κ2) is 7.11. The van der Waals surface area contributed by atoms with Gasteiger partial charge in [0.25, 0.3) is 0 Å². The van der Waals surface area contributed by atoms with Crippen molar-refractivity contribution in [1.29, 1.82) is 0 Å². The first kappa shape index (κ1) is 14.6. The van der Waals surface area contributed by atoms with Crippen LogP contribution in [0.1, 0.15) is 69.4 Å². The Bertz CT molecular complexity index is 450. The number of carbonyl (C=O) groups excluding carboxylic acids is 1. The number of rotatable bonds is 4. The van der Waals surface area contributed by atoms with E-state index in [0.29, 0.717) is 11.9 Å². The second-order valence-corrected chi connectivity index (χ2v) is 6.70. The van der Waals surface area contributed by atoms with E-state index in [4.69, 9.17) is 0 Å². The number of amides is 1. The second-order valence-electron chi connectivity index (χ2n) is 6.70. The Kier molecular flexibility index (Phi) is 4.95. The molecule has 1 unspecified atom stereocenters. The molecule has 1 aromatic rings. The van der Waals surface area contributed by atoms with Gasteiger partial charge in [0.2, 0.25) is 5.91 Å². The minimum absolute atomic E-state index is 0.324. The molecule has 0 aromatic heterocycles.